The van der Waals surface area contributed by atoms with Crippen molar-refractivity contribution in [1.29, 1.82) is 0 Å². The fraction of sp³-hybridized carbons (Fsp3) is 0.500. The number of ether oxygens (including phenoxy) is 1. The molecule has 1 aliphatic heterocycles. The normalized spacial score (nSPS) is 18.8. The highest BCUT2D eigenvalue weighted by Crippen LogP contribution is 2.11. The Hall–Kier alpha value is -0.820. The van der Waals surface area contributed by atoms with E-state index in [1.807, 2.05) is 23.4 Å². The van der Waals surface area contributed by atoms with E-state index < -0.39 is 11.0 Å². The van der Waals surface area contributed by atoms with Crippen molar-refractivity contribution >= 4 is 11.0 Å². The van der Waals surface area contributed by atoms with Crippen molar-refractivity contribution in [2.45, 2.75) is 11.8 Å². The Bertz CT molecular complexity index is 350. The van der Waals surface area contributed by atoms with Gasteiger partial charge in [0.05, 0.1) is 18.1 Å². The van der Waals surface area contributed by atoms with E-state index in [1.54, 1.807) is 6.20 Å². The lowest BCUT2D eigenvalue weighted by atomic mass is 10.4. The number of hydrogen-bond acceptors (Lipinski definition) is 3. The van der Waals surface area contributed by atoms with Gasteiger partial charge in [-0.25, -0.2) is 8.51 Å². The van der Waals surface area contributed by atoms with Crippen molar-refractivity contribution in [3.05, 3.63) is 24.0 Å². The van der Waals surface area contributed by atoms with Gasteiger partial charge in [-0.3, -0.25) is 4.98 Å². The summed E-state index contributed by atoms with van der Waals surface area (Å²) in [6.07, 6.45) is 1.68. The minimum Gasteiger partial charge on any atom is -0.412 e. The van der Waals surface area contributed by atoms with Crippen LogP contribution in [-0.4, -0.2) is 45.3 Å². The molecule has 0 spiro atoms. The predicted molar refractivity (Wildman–Crippen MR) is 61.4 cm³/mol. The van der Waals surface area contributed by atoms with Gasteiger partial charge in [-0.2, -0.15) is 0 Å². The van der Waals surface area contributed by atoms with Crippen molar-refractivity contribution < 1.29 is 14.4 Å². The largest absolute Gasteiger partial charge is 0.412 e. The molecule has 1 aromatic heterocycles. The minimum atomic E-state index is -1.09. The first kappa shape index (κ1) is 13.2. The third-order valence-corrected chi connectivity index (χ3v) is 3.77. The highest BCUT2D eigenvalue weighted by atomic mass is 32.2. The number of nitrogens with zero attached hydrogens (tertiary/aromatic N) is 2. The number of rotatable bonds is 2. The Morgan fingerprint density at radius 2 is 2.06 bits per heavy atom. The van der Waals surface area contributed by atoms with Crippen molar-refractivity contribution in [2.24, 2.45) is 0 Å². The number of pyridine rings is 1. The molecule has 0 radical (unpaired) electrons. The molecule has 5 nitrogen and oxygen atoms in total. The van der Waals surface area contributed by atoms with Crippen LogP contribution in [0.2, 0.25) is 0 Å². The second kappa shape index (κ2) is 6.05. The van der Waals surface area contributed by atoms with Gasteiger partial charge in [-0.1, -0.05) is 0 Å². The average Bonchev–Trinajstić information content (AvgIpc) is 2.30. The Balaban J connectivity index is 0.00000128. The zero-order valence-corrected chi connectivity index (χ0v) is 10.00. The van der Waals surface area contributed by atoms with E-state index in [1.165, 1.54) is 0 Å². The summed E-state index contributed by atoms with van der Waals surface area (Å²) in [6, 6.07) is 3.75. The van der Waals surface area contributed by atoms with E-state index in [0.717, 1.165) is 23.7 Å². The summed E-state index contributed by atoms with van der Waals surface area (Å²) in [6.45, 7) is 4.68. The van der Waals surface area contributed by atoms with Crippen molar-refractivity contribution in [1.82, 2.24) is 9.29 Å². The summed E-state index contributed by atoms with van der Waals surface area (Å²) in [5.74, 6) is 0. The molecule has 1 unspecified atom stereocenters. The Morgan fingerprint density at radius 1 is 1.38 bits per heavy atom. The Labute approximate surface area is 97.3 Å². The van der Waals surface area contributed by atoms with Gasteiger partial charge < -0.3 is 10.2 Å². The van der Waals surface area contributed by atoms with Crippen LogP contribution in [0.15, 0.2) is 23.2 Å². The van der Waals surface area contributed by atoms with E-state index in [0.29, 0.717) is 13.2 Å². The molecule has 1 aromatic rings. The highest BCUT2D eigenvalue weighted by Gasteiger charge is 2.18. The van der Waals surface area contributed by atoms with E-state index >= 15 is 0 Å². The van der Waals surface area contributed by atoms with E-state index in [-0.39, 0.29) is 5.48 Å². The zero-order valence-electron chi connectivity index (χ0n) is 9.18. The first-order valence-electron chi connectivity index (χ1n) is 4.94. The molecule has 0 bridgehead atoms. The number of hydrogen-bond donors (Lipinski definition) is 0. The highest BCUT2D eigenvalue weighted by molar-refractivity contribution is 7.82. The molecule has 2 N–H and O–H groups in total. The molecule has 1 saturated heterocycles. The summed E-state index contributed by atoms with van der Waals surface area (Å²) >= 11 is 0. The van der Waals surface area contributed by atoms with Crippen LogP contribution in [0.25, 0.3) is 0 Å². The third kappa shape index (κ3) is 3.08. The maximum Gasteiger partial charge on any atom is 0.129 e. The van der Waals surface area contributed by atoms with E-state index in [2.05, 4.69) is 4.98 Å². The molecule has 0 aromatic carbocycles. The van der Waals surface area contributed by atoms with E-state index in [4.69, 9.17) is 4.74 Å². The molecule has 1 aliphatic rings. The van der Waals surface area contributed by atoms with Crippen LogP contribution in [0.3, 0.4) is 0 Å². The summed E-state index contributed by atoms with van der Waals surface area (Å²) in [5, 5.41) is 0. The van der Waals surface area contributed by atoms with Crippen molar-refractivity contribution in [2.75, 3.05) is 26.3 Å². The molecule has 1 atom stereocenters. The topological polar surface area (TPSA) is 73.9 Å². The maximum atomic E-state index is 12.1. The molecule has 1 fully saturated rings. The fourth-order valence-electron chi connectivity index (χ4n) is 1.42. The molecule has 90 valence electrons. The monoisotopic (exact) mass is 244 g/mol. The fourth-order valence-corrected chi connectivity index (χ4v) is 2.53. The zero-order chi connectivity index (χ0) is 10.7. The molecular weight excluding hydrogens is 228 g/mol. The number of morpholine rings is 1. The molecule has 2 rings (SSSR count). The second-order valence-electron chi connectivity index (χ2n) is 3.43. The molecule has 0 saturated carbocycles. The molecule has 6 heteroatoms. The molecule has 16 heavy (non-hydrogen) atoms. The lowest BCUT2D eigenvalue weighted by Gasteiger charge is -2.25. The molecule has 0 amide bonds. The molecular formula is C10H16N2O3S. The third-order valence-electron chi connectivity index (χ3n) is 2.29. The second-order valence-corrected chi connectivity index (χ2v) is 4.91. The van der Waals surface area contributed by atoms with Crippen molar-refractivity contribution in [3.63, 3.8) is 0 Å². The van der Waals surface area contributed by atoms with Crippen LogP contribution in [0.4, 0.5) is 0 Å². The number of aromatic nitrogens is 1. The summed E-state index contributed by atoms with van der Waals surface area (Å²) in [5.41, 5.74) is 0.942. The smallest absolute Gasteiger partial charge is 0.129 e. The SMILES string of the molecule is Cc1ccc(S(=O)N2CCOCC2)cn1.O. The van der Waals surface area contributed by atoms with Gasteiger partial charge in [0, 0.05) is 25.0 Å². The quantitative estimate of drug-likeness (QED) is 0.730. The van der Waals surface area contributed by atoms with Gasteiger partial charge in [0.1, 0.15) is 11.0 Å². The first-order valence-corrected chi connectivity index (χ1v) is 6.05. The average molecular weight is 244 g/mol. The van der Waals surface area contributed by atoms with Crippen LogP contribution in [-0.2, 0) is 15.7 Å². The predicted octanol–water partition coefficient (Wildman–Crippen LogP) is -0.0799. The maximum absolute atomic E-state index is 12.1. The lowest BCUT2D eigenvalue weighted by Crippen LogP contribution is -2.37. The minimum absolute atomic E-state index is 0. The van der Waals surface area contributed by atoms with Crippen LogP contribution in [0.5, 0.6) is 0 Å². The van der Waals surface area contributed by atoms with Gasteiger partial charge in [-0.15, -0.1) is 0 Å². The van der Waals surface area contributed by atoms with Gasteiger partial charge in [0.25, 0.3) is 0 Å². The first-order chi connectivity index (χ1) is 7.27. The van der Waals surface area contributed by atoms with Crippen LogP contribution >= 0.6 is 0 Å². The number of aryl methyl sites for hydroxylation is 1. The van der Waals surface area contributed by atoms with Gasteiger partial charge >= 0.3 is 0 Å². The van der Waals surface area contributed by atoms with Gasteiger partial charge in [0.2, 0.25) is 0 Å². The standard InChI is InChI=1S/C10H14N2O2S.H2O/c1-9-2-3-10(8-11-9)15(13)12-4-6-14-7-5-12;/h2-3,8H,4-7H2,1H3;1H2. The summed E-state index contributed by atoms with van der Waals surface area (Å²) < 4.78 is 19.2. The lowest BCUT2D eigenvalue weighted by molar-refractivity contribution is 0.0752. The van der Waals surface area contributed by atoms with Gasteiger partial charge in [0.15, 0.2) is 0 Å². The van der Waals surface area contributed by atoms with E-state index in [9.17, 15) is 4.21 Å². The van der Waals surface area contributed by atoms with Crippen molar-refractivity contribution in [3.8, 4) is 0 Å². The summed E-state index contributed by atoms with van der Waals surface area (Å²) in [4.78, 5) is 4.91. The Morgan fingerprint density at radius 3 is 2.62 bits per heavy atom. The van der Waals surface area contributed by atoms with Crippen LogP contribution in [0, 0.1) is 6.92 Å². The summed E-state index contributed by atoms with van der Waals surface area (Å²) in [7, 11) is -1.09. The van der Waals surface area contributed by atoms with Gasteiger partial charge in [-0.05, 0) is 19.1 Å². The molecule has 0 aliphatic carbocycles. The van der Waals surface area contributed by atoms with Crippen LogP contribution < -0.4 is 0 Å². The molecule has 2 heterocycles. The van der Waals surface area contributed by atoms with Crippen LogP contribution in [0.1, 0.15) is 5.69 Å². The Kier molecular flexibility index (Phi) is 5.01.